The molecule has 1 aromatic carbocycles. The number of rotatable bonds is 4. The molecule has 19 heavy (non-hydrogen) atoms. The van der Waals surface area contributed by atoms with Gasteiger partial charge in [0.05, 0.1) is 19.3 Å². The van der Waals surface area contributed by atoms with E-state index in [0.29, 0.717) is 11.1 Å². The summed E-state index contributed by atoms with van der Waals surface area (Å²) >= 11 is 3.42. The topological polar surface area (TPSA) is 39.1 Å². The van der Waals surface area contributed by atoms with E-state index in [2.05, 4.69) is 26.2 Å². The lowest BCUT2D eigenvalue weighted by Crippen LogP contribution is -2.10. The number of nitrogens with zero attached hydrogens (tertiary/aromatic N) is 2. The number of halogens is 2. The summed E-state index contributed by atoms with van der Waals surface area (Å²) in [4.78, 5) is 4.41. The van der Waals surface area contributed by atoms with Crippen LogP contribution in [-0.2, 0) is 13.6 Å². The Morgan fingerprint density at radius 2 is 2.21 bits per heavy atom. The zero-order chi connectivity index (χ0) is 14.0. The second kappa shape index (κ2) is 5.71. The fourth-order valence-corrected chi connectivity index (χ4v) is 2.65. The van der Waals surface area contributed by atoms with E-state index in [9.17, 15) is 4.39 Å². The third kappa shape index (κ3) is 2.64. The fraction of sp³-hybridized carbons (Fsp3) is 0.308. The van der Waals surface area contributed by atoms with Gasteiger partial charge in [0.2, 0.25) is 0 Å². The van der Waals surface area contributed by atoms with Gasteiger partial charge in [-0.05, 0) is 41.2 Å². The van der Waals surface area contributed by atoms with Crippen molar-refractivity contribution in [3.63, 3.8) is 0 Å². The number of ether oxygens (including phenoxy) is 1. The summed E-state index contributed by atoms with van der Waals surface area (Å²) in [5.41, 5.74) is 1.59. The zero-order valence-corrected chi connectivity index (χ0v) is 12.6. The van der Waals surface area contributed by atoms with Gasteiger partial charge < -0.3 is 14.6 Å². The highest BCUT2D eigenvalue weighted by Crippen LogP contribution is 2.31. The van der Waals surface area contributed by atoms with E-state index in [1.54, 1.807) is 6.07 Å². The first kappa shape index (κ1) is 14.0. The Balaban J connectivity index is 2.49. The van der Waals surface area contributed by atoms with Gasteiger partial charge in [-0.2, -0.15) is 0 Å². The van der Waals surface area contributed by atoms with E-state index in [-0.39, 0.29) is 11.6 Å². The minimum absolute atomic E-state index is 0.234. The van der Waals surface area contributed by atoms with Gasteiger partial charge in [-0.25, -0.2) is 9.37 Å². The van der Waals surface area contributed by atoms with Crippen LogP contribution in [0.15, 0.2) is 22.8 Å². The number of hydrogen-bond donors (Lipinski definition) is 1. The number of imidazole rings is 1. The van der Waals surface area contributed by atoms with Crippen LogP contribution < -0.4 is 10.1 Å². The molecule has 0 radical (unpaired) electrons. The van der Waals surface area contributed by atoms with Crippen LogP contribution in [0.2, 0.25) is 0 Å². The molecular formula is C13H15BrFN3O. The molecule has 0 bridgehead atoms. The van der Waals surface area contributed by atoms with Gasteiger partial charge in [0, 0.05) is 12.6 Å². The Labute approximate surface area is 119 Å². The maximum atomic E-state index is 13.8. The number of nitrogens with one attached hydrogen (secondary N) is 1. The van der Waals surface area contributed by atoms with Crippen molar-refractivity contribution in [3.8, 4) is 17.0 Å². The van der Waals surface area contributed by atoms with Crippen LogP contribution in [0.5, 0.6) is 5.75 Å². The molecule has 0 aliphatic rings. The van der Waals surface area contributed by atoms with Gasteiger partial charge in [-0.1, -0.05) is 0 Å². The van der Waals surface area contributed by atoms with Crippen LogP contribution >= 0.6 is 15.9 Å². The molecule has 1 heterocycles. The van der Waals surface area contributed by atoms with Crippen molar-refractivity contribution in [2.24, 2.45) is 7.05 Å². The number of aromatic nitrogens is 2. The molecule has 0 aliphatic carbocycles. The molecule has 0 aliphatic heterocycles. The third-order valence-corrected chi connectivity index (χ3v) is 3.46. The van der Waals surface area contributed by atoms with Crippen molar-refractivity contribution in [3.05, 3.63) is 34.4 Å². The largest absolute Gasteiger partial charge is 0.494 e. The van der Waals surface area contributed by atoms with Crippen LogP contribution in [0.3, 0.4) is 0 Å². The normalized spacial score (nSPS) is 10.8. The molecule has 2 rings (SSSR count). The molecule has 0 saturated carbocycles. The summed E-state index contributed by atoms with van der Waals surface area (Å²) in [5, 5.41) is 3.05. The second-order valence-electron chi connectivity index (χ2n) is 4.11. The summed E-state index contributed by atoms with van der Waals surface area (Å²) in [5.74, 6) is 0.723. The van der Waals surface area contributed by atoms with Crippen molar-refractivity contribution in [2.45, 2.75) is 6.54 Å². The van der Waals surface area contributed by atoms with Crippen LogP contribution in [0.25, 0.3) is 11.3 Å². The van der Waals surface area contributed by atoms with E-state index >= 15 is 0 Å². The maximum absolute atomic E-state index is 13.8. The molecule has 0 atom stereocenters. The standard InChI is InChI=1S/C13H15BrFN3O/c1-16-7-11-17-13(14)12(18(11)2)8-4-5-10(19-3)9(15)6-8/h4-6,16H,7H2,1-3H3. The molecule has 1 N–H and O–H groups in total. The molecule has 0 amide bonds. The Kier molecular flexibility index (Phi) is 4.21. The van der Waals surface area contributed by atoms with Crippen molar-refractivity contribution < 1.29 is 9.13 Å². The maximum Gasteiger partial charge on any atom is 0.165 e. The quantitative estimate of drug-likeness (QED) is 0.938. The van der Waals surface area contributed by atoms with Crippen molar-refractivity contribution >= 4 is 15.9 Å². The van der Waals surface area contributed by atoms with Gasteiger partial charge in [0.15, 0.2) is 11.6 Å². The van der Waals surface area contributed by atoms with Gasteiger partial charge in [0.25, 0.3) is 0 Å². The molecule has 0 saturated heterocycles. The highest BCUT2D eigenvalue weighted by atomic mass is 79.9. The predicted molar refractivity (Wildman–Crippen MR) is 75.6 cm³/mol. The SMILES string of the molecule is CNCc1nc(Br)c(-c2ccc(OC)c(F)c2)n1C. The average Bonchev–Trinajstić information content (AvgIpc) is 2.65. The summed E-state index contributed by atoms with van der Waals surface area (Å²) in [7, 11) is 5.21. The molecule has 2 aromatic rings. The predicted octanol–water partition coefficient (Wildman–Crippen LogP) is 2.72. The zero-order valence-electron chi connectivity index (χ0n) is 11.0. The van der Waals surface area contributed by atoms with E-state index in [1.165, 1.54) is 13.2 Å². The summed E-state index contributed by atoms with van der Waals surface area (Å²) in [6.07, 6.45) is 0. The summed E-state index contributed by atoms with van der Waals surface area (Å²) < 4.78 is 21.3. The summed E-state index contributed by atoms with van der Waals surface area (Å²) in [6.45, 7) is 0.647. The minimum atomic E-state index is -0.386. The first-order valence-corrected chi connectivity index (χ1v) is 6.57. The monoisotopic (exact) mass is 327 g/mol. The molecule has 102 valence electrons. The molecule has 4 nitrogen and oxygen atoms in total. The molecular weight excluding hydrogens is 313 g/mol. The van der Waals surface area contributed by atoms with Crippen molar-refractivity contribution in [1.82, 2.24) is 14.9 Å². The molecule has 1 aromatic heterocycles. The lowest BCUT2D eigenvalue weighted by Gasteiger charge is -2.08. The van der Waals surface area contributed by atoms with Crippen LogP contribution in [0.1, 0.15) is 5.82 Å². The Hall–Kier alpha value is -1.40. The third-order valence-electron chi connectivity index (χ3n) is 2.91. The van der Waals surface area contributed by atoms with E-state index in [4.69, 9.17) is 4.74 Å². The van der Waals surface area contributed by atoms with Crippen molar-refractivity contribution in [2.75, 3.05) is 14.2 Å². The molecule has 6 heteroatoms. The van der Waals surface area contributed by atoms with Crippen molar-refractivity contribution in [1.29, 1.82) is 0 Å². The Bertz CT molecular complexity index is 598. The highest BCUT2D eigenvalue weighted by molar-refractivity contribution is 9.10. The number of hydrogen-bond acceptors (Lipinski definition) is 3. The average molecular weight is 328 g/mol. The fourth-order valence-electron chi connectivity index (χ4n) is 1.95. The minimum Gasteiger partial charge on any atom is -0.494 e. The van der Waals surface area contributed by atoms with E-state index in [0.717, 1.165) is 17.1 Å². The van der Waals surface area contributed by atoms with Crippen LogP contribution in [0, 0.1) is 5.82 Å². The lowest BCUT2D eigenvalue weighted by molar-refractivity contribution is 0.386. The lowest BCUT2D eigenvalue weighted by atomic mass is 10.1. The van der Waals surface area contributed by atoms with Gasteiger partial charge in [0.1, 0.15) is 10.4 Å². The second-order valence-corrected chi connectivity index (χ2v) is 4.86. The van der Waals surface area contributed by atoms with Crippen LogP contribution in [0.4, 0.5) is 4.39 Å². The first-order valence-electron chi connectivity index (χ1n) is 5.78. The smallest absolute Gasteiger partial charge is 0.165 e. The summed E-state index contributed by atoms with van der Waals surface area (Å²) in [6, 6.07) is 4.87. The van der Waals surface area contributed by atoms with Gasteiger partial charge in [-0.15, -0.1) is 0 Å². The highest BCUT2D eigenvalue weighted by Gasteiger charge is 2.15. The first-order chi connectivity index (χ1) is 9.08. The van der Waals surface area contributed by atoms with Gasteiger partial charge in [-0.3, -0.25) is 0 Å². The molecule has 0 spiro atoms. The number of methoxy groups -OCH3 is 1. The Morgan fingerprint density at radius 1 is 1.47 bits per heavy atom. The van der Waals surface area contributed by atoms with E-state index < -0.39 is 0 Å². The van der Waals surface area contributed by atoms with E-state index in [1.807, 2.05) is 24.7 Å². The number of benzene rings is 1. The Morgan fingerprint density at radius 3 is 2.79 bits per heavy atom. The molecule has 0 fully saturated rings. The molecule has 0 unspecified atom stereocenters. The van der Waals surface area contributed by atoms with Crippen LogP contribution in [-0.4, -0.2) is 23.7 Å². The van der Waals surface area contributed by atoms with Gasteiger partial charge >= 0.3 is 0 Å².